The summed E-state index contributed by atoms with van der Waals surface area (Å²) in [6.45, 7) is 0. The van der Waals surface area contributed by atoms with Crippen LogP contribution >= 0.6 is 11.8 Å². The van der Waals surface area contributed by atoms with Gasteiger partial charge in [-0.1, -0.05) is 254 Å². The molecular formula is C81H51NOS. The summed E-state index contributed by atoms with van der Waals surface area (Å²) in [7, 11) is 0. The first-order valence-corrected chi connectivity index (χ1v) is 30.0. The number of fused-ring (bicyclic) bond motifs is 21. The lowest BCUT2D eigenvalue weighted by Gasteiger charge is -2.40. The number of hydrogen-bond donors (Lipinski definition) is 0. The highest BCUT2D eigenvalue weighted by atomic mass is 32.2. The summed E-state index contributed by atoms with van der Waals surface area (Å²) in [5.41, 5.74) is 26.6. The van der Waals surface area contributed by atoms with Gasteiger partial charge in [-0.3, -0.25) is 0 Å². The monoisotopic (exact) mass is 1090 g/mol. The molecule has 0 aromatic heterocycles. The van der Waals surface area contributed by atoms with Crippen LogP contribution in [0.2, 0.25) is 0 Å². The second-order valence-electron chi connectivity index (χ2n) is 22.9. The Labute approximate surface area is 493 Å². The van der Waals surface area contributed by atoms with E-state index in [0.29, 0.717) is 0 Å². The molecule has 2 spiro atoms. The third-order valence-electron chi connectivity index (χ3n) is 19.1. The third kappa shape index (κ3) is 6.26. The van der Waals surface area contributed by atoms with Crippen LogP contribution in [0, 0.1) is 0 Å². The molecule has 0 saturated heterocycles. The van der Waals surface area contributed by atoms with Gasteiger partial charge in [0.25, 0.3) is 0 Å². The molecule has 392 valence electrons. The summed E-state index contributed by atoms with van der Waals surface area (Å²) in [4.78, 5) is 5.09. The molecule has 0 fully saturated rings. The van der Waals surface area contributed by atoms with Gasteiger partial charge < -0.3 is 9.64 Å². The summed E-state index contributed by atoms with van der Waals surface area (Å²) < 4.78 is 6.82. The summed E-state index contributed by atoms with van der Waals surface area (Å²) in [5, 5.41) is 0. The van der Waals surface area contributed by atoms with Gasteiger partial charge in [0, 0.05) is 38.0 Å². The quantitative estimate of drug-likeness (QED) is 0.165. The maximum Gasteiger partial charge on any atom is 0.132 e. The van der Waals surface area contributed by atoms with Gasteiger partial charge in [-0.25, -0.2) is 0 Å². The first-order valence-electron chi connectivity index (χ1n) is 29.1. The Balaban J connectivity index is 0.862. The Morgan fingerprint density at radius 2 is 0.583 bits per heavy atom. The number of anilines is 3. The van der Waals surface area contributed by atoms with Gasteiger partial charge >= 0.3 is 0 Å². The van der Waals surface area contributed by atoms with Crippen molar-refractivity contribution < 1.29 is 4.74 Å². The molecule has 3 aliphatic carbocycles. The number of benzene rings is 13. The van der Waals surface area contributed by atoms with E-state index in [2.05, 4.69) is 314 Å². The molecule has 0 unspecified atom stereocenters. The molecular weight excluding hydrogens is 1030 g/mol. The molecule has 0 amide bonds. The van der Waals surface area contributed by atoms with Gasteiger partial charge in [-0.2, -0.15) is 0 Å². The molecule has 13 aromatic carbocycles. The normalized spacial score (nSPS) is 14.8. The molecule has 18 rings (SSSR count). The second-order valence-corrected chi connectivity index (χ2v) is 24.0. The number of ether oxygens (including phenoxy) is 1. The van der Waals surface area contributed by atoms with Crippen LogP contribution in [0.25, 0.3) is 44.5 Å². The van der Waals surface area contributed by atoms with Crippen molar-refractivity contribution in [2.75, 3.05) is 4.90 Å². The number of rotatable bonds is 6. The van der Waals surface area contributed by atoms with E-state index in [0.717, 1.165) is 45.3 Å². The smallest absolute Gasteiger partial charge is 0.132 e. The summed E-state index contributed by atoms with van der Waals surface area (Å²) in [6.07, 6.45) is 0. The number of para-hydroxylation sites is 2. The standard InChI is InChI=1S/C81H51NOS/c1-3-21-54(22-4-1)79(55-23-5-2-6-24-55)65-28-10-7-25-59(65)62-46-41-53(49-72(62)79)52-39-42-56(43-40-52)82(57-44-47-63-60-26-8-11-29-66(60)80(73(63)50-57)68-31-13-17-35-75(68)83-76-36-18-14-32-69(76)80)58-45-48-64-61-27-9-12-30-67(61)81(74(64)51-58)70-33-15-19-37-77(70)84-78-38-20-16-34-71(78)81/h1-51H. The van der Waals surface area contributed by atoms with E-state index in [-0.39, 0.29) is 0 Å². The van der Waals surface area contributed by atoms with Gasteiger partial charge in [0.05, 0.1) is 16.2 Å². The minimum absolute atomic E-state index is 0.500. The summed E-state index contributed by atoms with van der Waals surface area (Å²) >= 11 is 1.88. The van der Waals surface area contributed by atoms with Gasteiger partial charge in [-0.05, 0) is 167 Å². The van der Waals surface area contributed by atoms with E-state index in [1.54, 1.807) is 0 Å². The van der Waals surface area contributed by atoms with Crippen LogP contribution in [-0.2, 0) is 16.2 Å². The van der Waals surface area contributed by atoms with Crippen molar-refractivity contribution in [1.82, 2.24) is 0 Å². The minimum Gasteiger partial charge on any atom is -0.457 e. The fraction of sp³-hybridized carbons (Fsp3) is 0.0370. The molecule has 5 aliphatic rings. The third-order valence-corrected chi connectivity index (χ3v) is 20.2. The van der Waals surface area contributed by atoms with Gasteiger partial charge in [0.1, 0.15) is 11.5 Å². The lowest BCUT2D eigenvalue weighted by Crippen LogP contribution is -2.32. The fourth-order valence-corrected chi connectivity index (χ4v) is 17.0. The van der Waals surface area contributed by atoms with Crippen molar-refractivity contribution in [2.24, 2.45) is 0 Å². The van der Waals surface area contributed by atoms with Gasteiger partial charge in [0.2, 0.25) is 0 Å². The van der Waals surface area contributed by atoms with Crippen LogP contribution in [0.1, 0.15) is 66.8 Å². The molecule has 3 heteroatoms. The van der Waals surface area contributed by atoms with Crippen molar-refractivity contribution in [3.05, 3.63) is 376 Å². The predicted octanol–water partition coefficient (Wildman–Crippen LogP) is 20.5. The highest BCUT2D eigenvalue weighted by molar-refractivity contribution is 7.99. The maximum atomic E-state index is 6.82. The Morgan fingerprint density at radius 1 is 0.238 bits per heavy atom. The lowest BCUT2D eigenvalue weighted by atomic mass is 9.66. The van der Waals surface area contributed by atoms with Crippen molar-refractivity contribution >= 4 is 28.8 Å². The van der Waals surface area contributed by atoms with Gasteiger partial charge in [-0.15, -0.1) is 0 Å². The topological polar surface area (TPSA) is 12.5 Å². The first kappa shape index (κ1) is 47.4. The van der Waals surface area contributed by atoms with E-state index in [1.165, 1.54) is 104 Å². The van der Waals surface area contributed by atoms with Crippen LogP contribution in [0.5, 0.6) is 11.5 Å². The van der Waals surface area contributed by atoms with Crippen LogP contribution < -0.4 is 9.64 Å². The average molecular weight is 1090 g/mol. The molecule has 0 N–H and O–H groups in total. The molecule has 0 saturated carbocycles. The molecule has 0 atom stereocenters. The zero-order valence-corrected chi connectivity index (χ0v) is 46.5. The summed E-state index contributed by atoms with van der Waals surface area (Å²) in [6, 6.07) is 116. The lowest BCUT2D eigenvalue weighted by molar-refractivity contribution is 0.436. The van der Waals surface area contributed by atoms with Crippen LogP contribution in [0.4, 0.5) is 17.1 Å². The van der Waals surface area contributed by atoms with E-state index < -0.39 is 16.2 Å². The maximum absolute atomic E-state index is 6.82. The van der Waals surface area contributed by atoms with E-state index >= 15 is 0 Å². The van der Waals surface area contributed by atoms with Gasteiger partial charge in [0.15, 0.2) is 0 Å². The molecule has 2 nitrogen and oxygen atoms in total. The number of nitrogens with zero attached hydrogens (tertiary/aromatic N) is 1. The van der Waals surface area contributed by atoms with Crippen molar-refractivity contribution in [3.63, 3.8) is 0 Å². The zero-order valence-electron chi connectivity index (χ0n) is 45.7. The van der Waals surface area contributed by atoms with Crippen molar-refractivity contribution in [1.29, 1.82) is 0 Å². The van der Waals surface area contributed by atoms with E-state index in [4.69, 9.17) is 4.74 Å². The Hall–Kier alpha value is -10.2. The van der Waals surface area contributed by atoms with Crippen molar-refractivity contribution in [2.45, 2.75) is 26.0 Å². The first-order chi connectivity index (χ1) is 41.6. The highest BCUT2D eigenvalue weighted by Crippen LogP contribution is 2.65. The molecule has 2 heterocycles. The van der Waals surface area contributed by atoms with Crippen LogP contribution in [0.15, 0.2) is 319 Å². The zero-order chi connectivity index (χ0) is 55.1. The Bertz CT molecular complexity index is 4540. The van der Waals surface area contributed by atoms with E-state index in [1.807, 2.05) is 11.8 Å². The van der Waals surface area contributed by atoms with Crippen molar-refractivity contribution in [3.8, 4) is 56.0 Å². The largest absolute Gasteiger partial charge is 0.457 e. The second kappa shape index (κ2) is 17.9. The summed E-state index contributed by atoms with van der Waals surface area (Å²) in [5.74, 6) is 1.76. The fourth-order valence-electron chi connectivity index (χ4n) is 15.8. The SMILES string of the molecule is c1ccc(C2(c3ccccc3)c3ccccc3-c3ccc(-c4ccc(N(c5ccc6c(c5)C5(c7ccccc7Oc7ccccc75)c5ccccc5-6)c5ccc6c(c5)C5(c7ccccc7Sc7ccccc75)c5ccccc5-6)cc4)cc32)cc1. The minimum atomic E-state index is -0.637. The average Bonchev–Trinajstić information content (AvgIpc) is 1.55. The number of hydrogen-bond acceptors (Lipinski definition) is 3. The Morgan fingerprint density at radius 3 is 1.08 bits per heavy atom. The molecule has 0 bridgehead atoms. The molecule has 0 radical (unpaired) electrons. The van der Waals surface area contributed by atoms with Crippen LogP contribution in [-0.4, -0.2) is 0 Å². The Kier molecular flexibility index (Phi) is 10.1. The molecule has 13 aromatic rings. The molecule has 2 aliphatic heterocycles. The van der Waals surface area contributed by atoms with Crippen LogP contribution in [0.3, 0.4) is 0 Å². The predicted molar refractivity (Wildman–Crippen MR) is 343 cm³/mol. The molecule has 84 heavy (non-hydrogen) atoms. The van der Waals surface area contributed by atoms with E-state index in [9.17, 15) is 0 Å². The highest BCUT2D eigenvalue weighted by Gasteiger charge is 2.53.